The van der Waals surface area contributed by atoms with Crippen LogP contribution in [-0.4, -0.2) is 19.2 Å². The first-order valence-electron chi connectivity index (χ1n) is 7.08. The Morgan fingerprint density at radius 3 is 2.42 bits per heavy atom. The van der Waals surface area contributed by atoms with Gasteiger partial charge in [-0.2, -0.15) is 13.2 Å². The fraction of sp³-hybridized carbons (Fsp3) is 0.235. The number of hydrogen-bond donors (Lipinski definition) is 0. The van der Waals surface area contributed by atoms with Crippen LogP contribution in [0.2, 0.25) is 0 Å². The van der Waals surface area contributed by atoms with E-state index in [0.29, 0.717) is 28.1 Å². The summed E-state index contributed by atoms with van der Waals surface area (Å²) in [5.41, 5.74) is 0.863. The first-order valence-corrected chi connectivity index (χ1v) is 7.90. The minimum Gasteiger partial charge on any atom is -0.493 e. The smallest absolute Gasteiger partial charge is 0.416 e. The van der Waals surface area contributed by atoms with E-state index in [1.807, 2.05) is 12.1 Å². The zero-order valence-electron chi connectivity index (χ0n) is 13.0. The first-order chi connectivity index (χ1) is 11.4. The number of halogens is 3. The van der Waals surface area contributed by atoms with Crippen LogP contribution in [0.4, 0.5) is 13.2 Å². The molecule has 0 aliphatic heterocycles. The van der Waals surface area contributed by atoms with Gasteiger partial charge in [-0.1, -0.05) is 6.07 Å². The minimum atomic E-state index is -4.35. The summed E-state index contributed by atoms with van der Waals surface area (Å²) in [4.78, 5) is 4.41. The van der Waals surface area contributed by atoms with Gasteiger partial charge < -0.3 is 9.47 Å². The van der Waals surface area contributed by atoms with Crippen LogP contribution in [0, 0.1) is 0 Å². The molecule has 0 unspecified atom stereocenters. The number of thiazole rings is 1. The fourth-order valence-corrected chi connectivity index (χ4v) is 3.43. The van der Waals surface area contributed by atoms with Crippen LogP contribution in [0.1, 0.15) is 16.1 Å². The summed E-state index contributed by atoms with van der Waals surface area (Å²) in [5, 5.41) is 0.747. The third kappa shape index (κ3) is 3.31. The number of alkyl halides is 3. The molecule has 3 aromatic rings. The third-order valence-electron chi connectivity index (χ3n) is 3.56. The maximum atomic E-state index is 12.8. The third-order valence-corrected chi connectivity index (χ3v) is 4.58. The van der Waals surface area contributed by atoms with Crippen molar-refractivity contribution in [3.8, 4) is 11.5 Å². The number of methoxy groups -OCH3 is 2. The second-order valence-electron chi connectivity index (χ2n) is 5.15. The highest BCUT2D eigenvalue weighted by atomic mass is 32.1. The van der Waals surface area contributed by atoms with Crippen LogP contribution in [0.3, 0.4) is 0 Å². The SMILES string of the molecule is COc1ccc(Cc2nc3ccc(C(F)(F)F)cc3s2)cc1OC. The number of benzene rings is 2. The Labute approximate surface area is 140 Å². The Bertz CT molecular complexity index is 874. The van der Waals surface area contributed by atoms with E-state index in [1.54, 1.807) is 20.3 Å². The van der Waals surface area contributed by atoms with Gasteiger partial charge in [0.2, 0.25) is 0 Å². The molecule has 1 heterocycles. The number of hydrogen-bond acceptors (Lipinski definition) is 4. The van der Waals surface area contributed by atoms with Gasteiger partial charge in [0.25, 0.3) is 0 Å². The molecule has 0 N–H and O–H groups in total. The Morgan fingerprint density at radius 1 is 1.00 bits per heavy atom. The summed E-state index contributed by atoms with van der Waals surface area (Å²) < 4.78 is 49.3. The maximum absolute atomic E-state index is 12.8. The summed E-state index contributed by atoms with van der Waals surface area (Å²) in [6, 6.07) is 9.13. The van der Waals surface area contributed by atoms with Gasteiger partial charge in [0, 0.05) is 6.42 Å². The van der Waals surface area contributed by atoms with Crippen molar-refractivity contribution < 1.29 is 22.6 Å². The van der Waals surface area contributed by atoms with E-state index >= 15 is 0 Å². The second kappa shape index (κ2) is 6.32. The fourth-order valence-electron chi connectivity index (χ4n) is 2.39. The summed E-state index contributed by atoms with van der Waals surface area (Å²) in [6.07, 6.45) is -3.83. The Morgan fingerprint density at radius 2 is 1.75 bits per heavy atom. The van der Waals surface area contributed by atoms with Crippen LogP contribution in [0.15, 0.2) is 36.4 Å². The molecule has 0 atom stereocenters. The van der Waals surface area contributed by atoms with Crippen molar-refractivity contribution in [1.82, 2.24) is 4.98 Å². The van der Waals surface area contributed by atoms with Crippen LogP contribution >= 0.6 is 11.3 Å². The van der Waals surface area contributed by atoms with Crippen LogP contribution in [-0.2, 0) is 12.6 Å². The minimum absolute atomic E-state index is 0.515. The van der Waals surface area contributed by atoms with Crippen molar-refractivity contribution in [3.63, 3.8) is 0 Å². The normalized spacial score (nSPS) is 11.7. The summed E-state index contributed by atoms with van der Waals surface area (Å²) in [6.45, 7) is 0. The molecule has 0 aliphatic carbocycles. The van der Waals surface area contributed by atoms with Gasteiger partial charge >= 0.3 is 6.18 Å². The molecular formula is C17H14F3NO2S. The van der Waals surface area contributed by atoms with E-state index in [0.717, 1.165) is 22.7 Å². The Hall–Kier alpha value is -2.28. The van der Waals surface area contributed by atoms with Crippen molar-refractivity contribution in [1.29, 1.82) is 0 Å². The van der Waals surface area contributed by atoms with E-state index in [9.17, 15) is 13.2 Å². The predicted molar refractivity (Wildman–Crippen MR) is 87.0 cm³/mol. The van der Waals surface area contributed by atoms with E-state index in [1.165, 1.54) is 17.4 Å². The molecule has 0 bridgehead atoms. The molecule has 0 saturated carbocycles. The second-order valence-corrected chi connectivity index (χ2v) is 6.27. The van der Waals surface area contributed by atoms with E-state index in [2.05, 4.69) is 4.98 Å². The molecule has 126 valence electrons. The molecule has 0 radical (unpaired) electrons. The van der Waals surface area contributed by atoms with Gasteiger partial charge in [-0.15, -0.1) is 11.3 Å². The van der Waals surface area contributed by atoms with Crippen molar-refractivity contribution >= 4 is 21.6 Å². The molecule has 3 nitrogen and oxygen atoms in total. The number of fused-ring (bicyclic) bond motifs is 1. The van der Waals surface area contributed by atoms with Crippen LogP contribution < -0.4 is 9.47 Å². The number of rotatable bonds is 4. The lowest BCUT2D eigenvalue weighted by molar-refractivity contribution is -0.137. The lowest BCUT2D eigenvalue weighted by Crippen LogP contribution is -2.03. The highest BCUT2D eigenvalue weighted by Gasteiger charge is 2.30. The molecule has 7 heteroatoms. The molecule has 24 heavy (non-hydrogen) atoms. The zero-order chi connectivity index (χ0) is 17.3. The van der Waals surface area contributed by atoms with Crippen molar-refractivity contribution in [2.24, 2.45) is 0 Å². The lowest BCUT2D eigenvalue weighted by atomic mass is 10.1. The van der Waals surface area contributed by atoms with E-state index < -0.39 is 11.7 Å². The molecule has 0 amide bonds. The first kappa shape index (κ1) is 16.6. The van der Waals surface area contributed by atoms with Gasteiger partial charge in [-0.25, -0.2) is 4.98 Å². The molecule has 2 aromatic carbocycles. The average Bonchev–Trinajstić information content (AvgIpc) is 2.95. The summed E-state index contributed by atoms with van der Waals surface area (Å²) in [5.74, 6) is 1.23. The van der Waals surface area contributed by atoms with Crippen molar-refractivity contribution in [2.75, 3.05) is 14.2 Å². The molecule has 0 spiro atoms. The Kier molecular flexibility index (Phi) is 4.36. The van der Waals surface area contributed by atoms with E-state index in [4.69, 9.17) is 9.47 Å². The van der Waals surface area contributed by atoms with Crippen LogP contribution in [0.25, 0.3) is 10.2 Å². The van der Waals surface area contributed by atoms with Gasteiger partial charge in [0.05, 0.1) is 35.0 Å². The van der Waals surface area contributed by atoms with Gasteiger partial charge in [-0.3, -0.25) is 0 Å². The molecular weight excluding hydrogens is 339 g/mol. The van der Waals surface area contributed by atoms with E-state index in [-0.39, 0.29) is 0 Å². The van der Waals surface area contributed by atoms with Gasteiger partial charge in [0.1, 0.15) is 0 Å². The predicted octanol–water partition coefficient (Wildman–Crippen LogP) is 4.92. The number of ether oxygens (including phenoxy) is 2. The van der Waals surface area contributed by atoms with Crippen molar-refractivity contribution in [3.05, 3.63) is 52.5 Å². The highest BCUT2D eigenvalue weighted by Crippen LogP contribution is 2.34. The average molecular weight is 353 g/mol. The number of nitrogens with zero attached hydrogens (tertiary/aromatic N) is 1. The molecule has 0 saturated heterocycles. The van der Waals surface area contributed by atoms with Crippen LogP contribution in [0.5, 0.6) is 11.5 Å². The highest BCUT2D eigenvalue weighted by molar-refractivity contribution is 7.18. The Balaban J connectivity index is 1.90. The lowest BCUT2D eigenvalue weighted by Gasteiger charge is -2.08. The molecule has 3 rings (SSSR count). The van der Waals surface area contributed by atoms with Gasteiger partial charge in [-0.05, 0) is 35.9 Å². The summed E-state index contributed by atoms with van der Waals surface area (Å²) in [7, 11) is 3.11. The van der Waals surface area contributed by atoms with Crippen molar-refractivity contribution in [2.45, 2.75) is 12.6 Å². The maximum Gasteiger partial charge on any atom is 0.416 e. The monoisotopic (exact) mass is 353 g/mol. The quantitative estimate of drug-likeness (QED) is 0.667. The molecule has 0 fully saturated rings. The van der Waals surface area contributed by atoms with Gasteiger partial charge in [0.15, 0.2) is 11.5 Å². The largest absolute Gasteiger partial charge is 0.493 e. The molecule has 1 aromatic heterocycles. The molecule has 0 aliphatic rings. The number of aromatic nitrogens is 1. The standard InChI is InChI=1S/C17H14F3NO2S/c1-22-13-6-3-10(7-14(13)23-2)8-16-21-12-5-4-11(17(18,19)20)9-15(12)24-16/h3-7,9H,8H2,1-2H3. The summed E-state index contributed by atoms with van der Waals surface area (Å²) >= 11 is 1.26. The topological polar surface area (TPSA) is 31.4 Å². The zero-order valence-corrected chi connectivity index (χ0v) is 13.8.